The van der Waals surface area contributed by atoms with E-state index in [1.165, 1.54) is 11.0 Å². The van der Waals surface area contributed by atoms with E-state index in [0.29, 0.717) is 17.5 Å². The van der Waals surface area contributed by atoms with Gasteiger partial charge in [-0.05, 0) is 31.5 Å². The van der Waals surface area contributed by atoms with E-state index in [1.54, 1.807) is 12.4 Å². The lowest BCUT2D eigenvalue weighted by Crippen LogP contribution is -2.38. The number of amides is 1. The topological polar surface area (TPSA) is 150 Å². The number of carbonyl (C=O) groups is 1. The summed E-state index contributed by atoms with van der Waals surface area (Å²) in [4.78, 5) is 22.0. The third-order valence-corrected chi connectivity index (χ3v) is 4.36. The van der Waals surface area contributed by atoms with E-state index in [9.17, 15) is 4.79 Å². The van der Waals surface area contributed by atoms with Crippen molar-refractivity contribution in [2.45, 2.75) is 38.8 Å². The van der Waals surface area contributed by atoms with Crippen molar-refractivity contribution in [1.29, 1.82) is 0 Å². The van der Waals surface area contributed by atoms with Gasteiger partial charge in [0.05, 0.1) is 18.1 Å². The smallest absolute Gasteiger partial charge is 0.254 e. The maximum absolute atomic E-state index is 11.8. The maximum atomic E-state index is 11.8. The van der Waals surface area contributed by atoms with Crippen molar-refractivity contribution >= 4 is 23.4 Å². The van der Waals surface area contributed by atoms with Crippen LogP contribution in [-0.4, -0.2) is 43.0 Å². The highest BCUT2D eigenvalue weighted by molar-refractivity contribution is 5.98. The van der Waals surface area contributed by atoms with Crippen LogP contribution in [0.5, 0.6) is 0 Å². The Labute approximate surface area is 168 Å². The second-order valence-corrected chi connectivity index (χ2v) is 6.71. The lowest BCUT2D eigenvalue weighted by molar-refractivity contribution is 0.100. The van der Waals surface area contributed by atoms with Crippen molar-refractivity contribution in [3.63, 3.8) is 0 Å². The van der Waals surface area contributed by atoms with Crippen LogP contribution in [-0.2, 0) is 0 Å². The van der Waals surface area contributed by atoms with Gasteiger partial charge in [-0.25, -0.2) is 4.98 Å². The van der Waals surface area contributed by atoms with Crippen LogP contribution in [0.1, 0.15) is 37.0 Å². The number of nitrogens with two attached hydrogens (primary N) is 2. The zero-order chi connectivity index (χ0) is 20.8. The van der Waals surface area contributed by atoms with Crippen LogP contribution in [0.25, 0.3) is 5.69 Å². The minimum atomic E-state index is -0.624. The van der Waals surface area contributed by atoms with Crippen LogP contribution >= 0.6 is 0 Å². The molecule has 0 saturated heterocycles. The van der Waals surface area contributed by atoms with Crippen molar-refractivity contribution in [3.8, 4) is 5.69 Å². The summed E-state index contributed by atoms with van der Waals surface area (Å²) in [6, 6.07) is 7.33. The molecule has 3 rings (SSSR count). The molecule has 2 heterocycles. The highest BCUT2D eigenvalue weighted by atomic mass is 16.1. The molecular formula is C19H25N9O. The number of nitrogens with one attached hydrogen (secondary N) is 2. The SMILES string of the molecule is CCCC(Nc1ncc(C(N)=O)c(Nc2cccc(-n3nccn3)c2)n1)C(C)N. The van der Waals surface area contributed by atoms with E-state index in [1.807, 2.05) is 31.2 Å². The zero-order valence-corrected chi connectivity index (χ0v) is 16.4. The van der Waals surface area contributed by atoms with E-state index in [4.69, 9.17) is 11.5 Å². The van der Waals surface area contributed by atoms with Crippen LogP contribution in [0.4, 0.5) is 17.5 Å². The van der Waals surface area contributed by atoms with Gasteiger partial charge in [0.2, 0.25) is 5.95 Å². The van der Waals surface area contributed by atoms with Gasteiger partial charge in [-0.1, -0.05) is 19.4 Å². The zero-order valence-electron chi connectivity index (χ0n) is 16.4. The molecule has 0 aliphatic rings. The molecule has 6 N–H and O–H groups in total. The first kappa shape index (κ1) is 20.2. The number of aromatic nitrogens is 5. The molecule has 2 unspecified atom stereocenters. The Morgan fingerprint density at radius 1 is 1.28 bits per heavy atom. The summed E-state index contributed by atoms with van der Waals surface area (Å²) in [7, 11) is 0. The fourth-order valence-corrected chi connectivity index (χ4v) is 2.86. The normalized spacial score (nSPS) is 12.9. The number of anilines is 3. The molecule has 0 radical (unpaired) electrons. The lowest BCUT2D eigenvalue weighted by atomic mass is 10.1. The van der Waals surface area contributed by atoms with Gasteiger partial charge in [0, 0.05) is 24.0 Å². The number of nitrogens with zero attached hydrogens (tertiary/aromatic N) is 5. The van der Waals surface area contributed by atoms with Gasteiger partial charge in [-0.2, -0.15) is 20.0 Å². The second-order valence-electron chi connectivity index (χ2n) is 6.71. The number of hydrogen-bond acceptors (Lipinski definition) is 8. The Morgan fingerprint density at radius 2 is 2.03 bits per heavy atom. The molecule has 0 saturated carbocycles. The van der Waals surface area contributed by atoms with E-state index in [2.05, 4.69) is 37.7 Å². The molecule has 10 heteroatoms. The third-order valence-electron chi connectivity index (χ3n) is 4.36. The van der Waals surface area contributed by atoms with Crippen LogP contribution < -0.4 is 22.1 Å². The van der Waals surface area contributed by atoms with E-state index < -0.39 is 5.91 Å². The molecular weight excluding hydrogens is 370 g/mol. The summed E-state index contributed by atoms with van der Waals surface area (Å²) < 4.78 is 0. The molecule has 3 aromatic rings. The fraction of sp³-hybridized carbons (Fsp3) is 0.316. The monoisotopic (exact) mass is 395 g/mol. The standard InChI is InChI=1S/C19H25N9O/c1-3-5-16(12(2)20)26-19-22-11-15(17(21)29)18(27-19)25-13-6-4-7-14(10-13)28-23-8-9-24-28/h4,6-12,16H,3,5,20H2,1-2H3,(H2,21,29)(H2,22,25,26,27). The summed E-state index contributed by atoms with van der Waals surface area (Å²) >= 11 is 0. The number of primary amides is 1. The van der Waals surface area contributed by atoms with Crippen molar-refractivity contribution in [1.82, 2.24) is 25.0 Å². The maximum Gasteiger partial charge on any atom is 0.254 e. The molecule has 0 bridgehead atoms. The first-order valence-corrected chi connectivity index (χ1v) is 9.40. The molecule has 1 aromatic carbocycles. The summed E-state index contributed by atoms with van der Waals surface area (Å²) in [5.41, 5.74) is 13.2. The Kier molecular flexibility index (Phi) is 6.35. The van der Waals surface area contributed by atoms with E-state index in [0.717, 1.165) is 18.5 Å². The number of hydrogen-bond donors (Lipinski definition) is 4. The minimum Gasteiger partial charge on any atom is -0.365 e. The van der Waals surface area contributed by atoms with Crippen molar-refractivity contribution < 1.29 is 4.79 Å². The van der Waals surface area contributed by atoms with Crippen LogP contribution in [0.15, 0.2) is 42.9 Å². The largest absolute Gasteiger partial charge is 0.365 e. The van der Waals surface area contributed by atoms with Gasteiger partial charge in [-0.3, -0.25) is 4.79 Å². The summed E-state index contributed by atoms with van der Waals surface area (Å²) in [6.07, 6.45) is 6.44. The van der Waals surface area contributed by atoms with Gasteiger partial charge in [0.1, 0.15) is 11.4 Å². The van der Waals surface area contributed by atoms with Crippen LogP contribution in [0.3, 0.4) is 0 Å². The third kappa shape index (κ3) is 5.05. The Balaban J connectivity index is 1.89. The van der Waals surface area contributed by atoms with E-state index >= 15 is 0 Å². The van der Waals surface area contributed by atoms with Crippen molar-refractivity contribution in [3.05, 3.63) is 48.4 Å². The van der Waals surface area contributed by atoms with Gasteiger partial charge < -0.3 is 22.1 Å². The highest BCUT2D eigenvalue weighted by Gasteiger charge is 2.17. The predicted octanol–water partition coefficient (Wildman–Crippen LogP) is 1.83. The van der Waals surface area contributed by atoms with Crippen molar-refractivity contribution in [2.75, 3.05) is 10.6 Å². The number of carbonyl (C=O) groups excluding carboxylic acids is 1. The highest BCUT2D eigenvalue weighted by Crippen LogP contribution is 2.22. The van der Waals surface area contributed by atoms with Gasteiger partial charge in [0.15, 0.2) is 0 Å². The van der Waals surface area contributed by atoms with Gasteiger partial charge in [-0.15, -0.1) is 0 Å². The Morgan fingerprint density at radius 3 is 2.69 bits per heavy atom. The number of benzene rings is 1. The Bertz CT molecular complexity index is 956. The van der Waals surface area contributed by atoms with E-state index in [-0.39, 0.29) is 17.6 Å². The van der Waals surface area contributed by atoms with Gasteiger partial charge >= 0.3 is 0 Å². The minimum absolute atomic E-state index is 0.0153. The summed E-state index contributed by atoms with van der Waals surface area (Å²) in [5.74, 6) is 0.0555. The molecule has 152 valence electrons. The van der Waals surface area contributed by atoms with Crippen LogP contribution in [0.2, 0.25) is 0 Å². The molecule has 0 spiro atoms. The molecule has 0 aliphatic heterocycles. The number of rotatable bonds is 9. The molecule has 0 fully saturated rings. The molecule has 2 atom stereocenters. The predicted molar refractivity (Wildman–Crippen MR) is 111 cm³/mol. The quantitative estimate of drug-likeness (QED) is 0.428. The average Bonchev–Trinajstić information content (AvgIpc) is 3.22. The molecule has 1 amide bonds. The van der Waals surface area contributed by atoms with Crippen molar-refractivity contribution in [2.24, 2.45) is 11.5 Å². The average molecular weight is 395 g/mol. The summed E-state index contributed by atoms with van der Waals surface area (Å²) in [5, 5.41) is 14.6. The molecule has 29 heavy (non-hydrogen) atoms. The first-order valence-electron chi connectivity index (χ1n) is 9.40. The fourth-order valence-electron chi connectivity index (χ4n) is 2.86. The Hall–Kier alpha value is -3.53. The van der Waals surface area contributed by atoms with Crippen LogP contribution in [0, 0.1) is 0 Å². The summed E-state index contributed by atoms with van der Waals surface area (Å²) in [6.45, 7) is 4.02. The first-order chi connectivity index (χ1) is 14.0. The van der Waals surface area contributed by atoms with Gasteiger partial charge in [0.25, 0.3) is 5.91 Å². The molecule has 0 aliphatic carbocycles. The molecule has 2 aromatic heterocycles. The second kappa shape index (κ2) is 9.11. The molecule has 10 nitrogen and oxygen atoms in total. The lowest BCUT2D eigenvalue weighted by Gasteiger charge is -2.22.